The molecular weight excluding hydrogens is 502 g/mol. The number of rotatable bonds is 10. The van der Waals surface area contributed by atoms with Crippen molar-refractivity contribution in [3.63, 3.8) is 0 Å². The number of benzene rings is 3. The average Bonchev–Trinajstić information content (AvgIpc) is 2.90. The van der Waals surface area contributed by atoms with Crippen molar-refractivity contribution in [2.45, 2.75) is 31.0 Å². The second-order valence-electron chi connectivity index (χ2n) is 9.43. The summed E-state index contributed by atoms with van der Waals surface area (Å²) < 4.78 is 27.5. The van der Waals surface area contributed by atoms with E-state index in [1.165, 1.54) is 11.1 Å². The van der Waals surface area contributed by atoms with Gasteiger partial charge in [0.05, 0.1) is 4.90 Å². The summed E-state index contributed by atoms with van der Waals surface area (Å²) >= 11 is 1.82. The summed E-state index contributed by atoms with van der Waals surface area (Å²) in [4.78, 5) is 15.3. The van der Waals surface area contributed by atoms with Crippen molar-refractivity contribution in [1.82, 2.24) is 14.5 Å². The minimum absolute atomic E-state index is 0.0626. The van der Waals surface area contributed by atoms with E-state index in [2.05, 4.69) is 41.4 Å². The van der Waals surface area contributed by atoms with Gasteiger partial charge in [-0.05, 0) is 54.8 Å². The van der Waals surface area contributed by atoms with Crippen LogP contribution < -0.4 is 5.32 Å². The molecule has 0 radical (unpaired) electrons. The van der Waals surface area contributed by atoms with Crippen molar-refractivity contribution in [3.05, 3.63) is 101 Å². The van der Waals surface area contributed by atoms with Gasteiger partial charge in [0, 0.05) is 56.3 Å². The highest BCUT2D eigenvalue weighted by Gasteiger charge is 2.28. The first-order chi connectivity index (χ1) is 17.8. The van der Waals surface area contributed by atoms with Crippen LogP contribution in [-0.2, 0) is 22.3 Å². The molecule has 1 N–H and O–H groups in total. The maximum atomic E-state index is 13.0. The fourth-order valence-electron chi connectivity index (χ4n) is 4.35. The standard InChI is InChI=1S/C29H35N3O3S2/c1-23-10-12-28(13-11-23)37(34,35)32-17-15-31(16-18-32)21-25-7-5-9-26(20-25)29(33)30-14-19-36-22-27-8-4-3-6-24(27)2/h3-13,20H,14-19,21-22H2,1-2H3,(H,30,33). The number of carbonyl (C=O) groups is 1. The fraction of sp³-hybridized carbons (Fsp3) is 0.345. The highest BCUT2D eigenvalue weighted by atomic mass is 32.2. The summed E-state index contributed by atoms with van der Waals surface area (Å²) in [5.41, 5.74) is 5.38. The Balaban J connectivity index is 1.23. The van der Waals surface area contributed by atoms with Crippen LogP contribution in [0.2, 0.25) is 0 Å². The van der Waals surface area contributed by atoms with Crippen molar-refractivity contribution >= 4 is 27.7 Å². The molecule has 1 amide bonds. The number of sulfonamides is 1. The van der Waals surface area contributed by atoms with Crippen molar-refractivity contribution in [1.29, 1.82) is 0 Å². The number of amides is 1. The van der Waals surface area contributed by atoms with Gasteiger partial charge < -0.3 is 5.32 Å². The Labute approximate surface area is 225 Å². The van der Waals surface area contributed by atoms with Gasteiger partial charge in [0.2, 0.25) is 10.0 Å². The van der Waals surface area contributed by atoms with Gasteiger partial charge in [-0.15, -0.1) is 0 Å². The van der Waals surface area contributed by atoms with Crippen LogP contribution in [0.3, 0.4) is 0 Å². The van der Waals surface area contributed by atoms with Gasteiger partial charge in [-0.2, -0.15) is 16.1 Å². The second kappa shape index (κ2) is 12.7. The first kappa shape index (κ1) is 27.4. The van der Waals surface area contributed by atoms with Gasteiger partial charge in [0.25, 0.3) is 5.91 Å². The molecule has 3 aromatic carbocycles. The molecule has 0 spiro atoms. The van der Waals surface area contributed by atoms with E-state index in [1.807, 2.05) is 55.1 Å². The lowest BCUT2D eigenvalue weighted by Crippen LogP contribution is -2.48. The largest absolute Gasteiger partial charge is 0.351 e. The summed E-state index contributed by atoms with van der Waals surface area (Å²) in [6.07, 6.45) is 0. The molecule has 37 heavy (non-hydrogen) atoms. The Morgan fingerprint density at radius 2 is 1.65 bits per heavy atom. The van der Waals surface area contributed by atoms with Crippen molar-refractivity contribution in [3.8, 4) is 0 Å². The molecule has 8 heteroatoms. The first-order valence-electron chi connectivity index (χ1n) is 12.6. The molecular formula is C29H35N3O3S2. The lowest BCUT2D eigenvalue weighted by molar-refractivity contribution is 0.0956. The summed E-state index contributed by atoms with van der Waals surface area (Å²) in [5.74, 6) is 1.74. The Kier molecular flexibility index (Phi) is 9.43. The highest BCUT2D eigenvalue weighted by Crippen LogP contribution is 2.19. The van der Waals surface area contributed by atoms with Gasteiger partial charge in [-0.3, -0.25) is 9.69 Å². The monoisotopic (exact) mass is 537 g/mol. The Hall–Kier alpha value is -2.65. The molecule has 3 aromatic rings. The number of hydrogen-bond acceptors (Lipinski definition) is 5. The predicted molar refractivity (Wildman–Crippen MR) is 151 cm³/mol. The molecule has 0 unspecified atom stereocenters. The van der Waals surface area contributed by atoms with Gasteiger partial charge >= 0.3 is 0 Å². The number of aryl methyl sites for hydroxylation is 2. The van der Waals surface area contributed by atoms with Gasteiger partial charge in [0.1, 0.15) is 0 Å². The number of nitrogens with one attached hydrogen (secondary N) is 1. The quantitative estimate of drug-likeness (QED) is 0.387. The van der Waals surface area contributed by atoms with Crippen LogP contribution in [-0.4, -0.2) is 62.0 Å². The number of carbonyl (C=O) groups excluding carboxylic acids is 1. The fourth-order valence-corrected chi connectivity index (χ4v) is 6.71. The predicted octanol–water partition coefficient (Wildman–Crippen LogP) is 4.47. The normalized spacial score (nSPS) is 15.0. The number of piperazine rings is 1. The number of hydrogen-bond donors (Lipinski definition) is 1. The number of nitrogens with zero attached hydrogens (tertiary/aromatic N) is 2. The van der Waals surface area contributed by atoms with E-state index in [0.717, 1.165) is 22.6 Å². The van der Waals surface area contributed by atoms with Crippen molar-refractivity contribution < 1.29 is 13.2 Å². The molecule has 0 aromatic heterocycles. The second-order valence-corrected chi connectivity index (χ2v) is 12.5. The Bertz CT molecular complexity index is 1300. The van der Waals surface area contributed by atoms with Crippen LogP contribution in [0.25, 0.3) is 0 Å². The zero-order valence-electron chi connectivity index (χ0n) is 21.5. The highest BCUT2D eigenvalue weighted by molar-refractivity contribution is 7.98. The Morgan fingerprint density at radius 3 is 2.38 bits per heavy atom. The average molecular weight is 538 g/mol. The molecule has 1 aliphatic rings. The van der Waals surface area contributed by atoms with Crippen LogP contribution in [0.4, 0.5) is 0 Å². The van der Waals surface area contributed by atoms with Crippen LogP contribution in [0, 0.1) is 13.8 Å². The third-order valence-corrected chi connectivity index (χ3v) is 9.56. The van der Waals surface area contributed by atoms with Crippen LogP contribution >= 0.6 is 11.8 Å². The lowest BCUT2D eigenvalue weighted by atomic mass is 10.1. The topological polar surface area (TPSA) is 69.7 Å². The maximum Gasteiger partial charge on any atom is 0.251 e. The molecule has 1 saturated heterocycles. The molecule has 6 nitrogen and oxygen atoms in total. The minimum atomic E-state index is -3.47. The van der Waals surface area contributed by atoms with Crippen molar-refractivity contribution in [2.75, 3.05) is 38.5 Å². The first-order valence-corrected chi connectivity index (χ1v) is 15.2. The third kappa shape index (κ3) is 7.45. The molecule has 1 heterocycles. The van der Waals surface area contributed by atoms with E-state index >= 15 is 0 Å². The zero-order chi connectivity index (χ0) is 26.3. The maximum absolute atomic E-state index is 13.0. The van der Waals surface area contributed by atoms with E-state index in [-0.39, 0.29) is 5.91 Å². The Morgan fingerprint density at radius 1 is 0.919 bits per heavy atom. The van der Waals surface area contributed by atoms with Crippen LogP contribution in [0.5, 0.6) is 0 Å². The third-order valence-electron chi connectivity index (χ3n) is 6.64. The molecule has 0 bridgehead atoms. The summed E-state index contributed by atoms with van der Waals surface area (Å²) in [7, 11) is -3.47. The molecule has 0 atom stereocenters. The van der Waals surface area contributed by atoms with E-state index in [4.69, 9.17) is 0 Å². The molecule has 1 aliphatic heterocycles. The summed E-state index contributed by atoms with van der Waals surface area (Å²) in [5, 5.41) is 3.03. The van der Waals surface area contributed by atoms with Gasteiger partial charge in [0.15, 0.2) is 0 Å². The SMILES string of the molecule is Cc1ccc(S(=O)(=O)N2CCN(Cc3cccc(C(=O)NCCSCc4ccccc4C)c3)CC2)cc1. The molecule has 0 aliphatic carbocycles. The van der Waals surface area contributed by atoms with Crippen LogP contribution in [0.15, 0.2) is 77.7 Å². The summed E-state index contributed by atoms with van der Waals surface area (Å²) in [6.45, 7) is 7.59. The summed E-state index contributed by atoms with van der Waals surface area (Å²) in [6, 6.07) is 23.1. The molecule has 4 rings (SSSR count). The molecule has 196 valence electrons. The number of thioether (sulfide) groups is 1. The molecule has 1 fully saturated rings. The van der Waals surface area contributed by atoms with E-state index < -0.39 is 10.0 Å². The smallest absolute Gasteiger partial charge is 0.251 e. The minimum Gasteiger partial charge on any atom is -0.351 e. The van der Waals surface area contributed by atoms with Gasteiger partial charge in [-0.25, -0.2) is 8.42 Å². The van der Waals surface area contributed by atoms with Crippen molar-refractivity contribution in [2.24, 2.45) is 0 Å². The van der Waals surface area contributed by atoms with Gasteiger partial charge in [-0.1, -0.05) is 54.1 Å². The zero-order valence-corrected chi connectivity index (χ0v) is 23.2. The van der Waals surface area contributed by atoms with Crippen LogP contribution in [0.1, 0.15) is 32.6 Å². The molecule has 0 saturated carbocycles. The van der Waals surface area contributed by atoms with E-state index in [9.17, 15) is 13.2 Å². The van der Waals surface area contributed by atoms with E-state index in [0.29, 0.717) is 49.7 Å². The van der Waals surface area contributed by atoms with E-state index in [1.54, 1.807) is 16.4 Å². The lowest BCUT2D eigenvalue weighted by Gasteiger charge is -2.34.